The van der Waals surface area contributed by atoms with E-state index < -0.39 is 0 Å². The molecule has 0 radical (unpaired) electrons. The lowest BCUT2D eigenvalue weighted by molar-refractivity contribution is -0.122. The number of hydrogen-bond donors (Lipinski definition) is 2. The maximum absolute atomic E-state index is 12.6. The van der Waals surface area contributed by atoms with Gasteiger partial charge in [-0.25, -0.2) is 4.98 Å². The normalized spacial score (nSPS) is 22.7. The average Bonchev–Trinajstić information content (AvgIpc) is 2.66. The lowest BCUT2D eigenvalue weighted by Gasteiger charge is -2.42. The zero-order valence-corrected chi connectivity index (χ0v) is 14.0. The number of rotatable bonds is 3. The van der Waals surface area contributed by atoms with E-state index in [0.717, 1.165) is 42.3 Å². The molecule has 2 aromatic rings. The van der Waals surface area contributed by atoms with Crippen LogP contribution in [0.1, 0.15) is 42.6 Å². The van der Waals surface area contributed by atoms with Gasteiger partial charge in [-0.3, -0.25) is 9.59 Å². The molecule has 5 heteroatoms. The Balaban J connectivity index is 1.51. The number of carbonyl (C=O) groups excluding carboxylic acids is 2. The molecule has 2 amide bonds. The van der Waals surface area contributed by atoms with Crippen molar-refractivity contribution in [3.8, 4) is 0 Å². The molecule has 1 saturated heterocycles. The third-order valence-corrected chi connectivity index (χ3v) is 5.30. The molecule has 25 heavy (non-hydrogen) atoms. The van der Waals surface area contributed by atoms with Crippen molar-refractivity contribution in [3.63, 3.8) is 0 Å². The van der Waals surface area contributed by atoms with E-state index in [9.17, 15) is 9.59 Å². The minimum atomic E-state index is -0.165. The zero-order chi connectivity index (χ0) is 17.3. The summed E-state index contributed by atoms with van der Waals surface area (Å²) in [4.78, 5) is 28.7. The third-order valence-electron chi connectivity index (χ3n) is 5.30. The van der Waals surface area contributed by atoms with Crippen molar-refractivity contribution in [2.24, 2.45) is 5.41 Å². The SMILES string of the molecule is O=C1CC[C@]2(CNC(=O)c3ccc4ccccc4n3)CCCC=C2N1. The molecule has 0 unspecified atom stereocenters. The van der Waals surface area contributed by atoms with E-state index in [1.807, 2.05) is 30.3 Å². The standard InChI is InChI=1S/C20H21N3O2/c24-18-10-12-20(11-4-3-7-17(20)23-18)13-21-19(25)16-9-8-14-5-1-2-6-15(14)22-16/h1-2,5-9H,3-4,10-13H2,(H,21,25)(H,23,24)/t20-/m0/s1. The van der Waals surface area contributed by atoms with E-state index in [1.165, 1.54) is 0 Å². The van der Waals surface area contributed by atoms with Crippen LogP contribution >= 0.6 is 0 Å². The molecule has 2 N–H and O–H groups in total. The molecule has 1 aromatic carbocycles. The Morgan fingerprint density at radius 2 is 2.08 bits per heavy atom. The van der Waals surface area contributed by atoms with Gasteiger partial charge in [0.25, 0.3) is 5.91 Å². The van der Waals surface area contributed by atoms with Crippen molar-refractivity contribution in [2.45, 2.75) is 32.1 Å². The second kappa shape index (κ2) is 6.31. The molecular formula is C20H21N3O2. The first-order valence-corrected chi connectivity index (χ1v) is 8.81. The lowest BCUT2D eigenvalue weighted by Crippen LogP contribution is -2.48. The summed E-state index contributed by atoms with van der Waals surface area (Å²) in [6.45, 7) is 0.534. The lowest BCUT2D eigenvalue weighted by atomic mass is 9.70. The number of piperidine rings is 1. The molecule has 2 aliphatic rings. The van der Waals surface area contributed by atoms with Gasteiger partial charge in [0.05, 0.1) is 5.52 Å². The first kappa shape index (κ1) is 15.8. The summed E-state index contributed by atoms with van der Waals surface area (Å²) in [5.74, 6) is -0.0896. The predicted molar refractivity (Wildman–Crippen MR) is 95.8 cm³/mol. The molecule has 0 saturated carbocycles. The predicted octanol–water partition coefficient (Wildman–Crippen LogP) is 2.93. The molecule has 1 aliphatic heterocycles. The second-order valence-electron chi connectivity index (χ2n) is 6.91. The van der Waals surface area contributed by atoms with E-state index in [-0.39, 0.29) is 17.2 Å². The Bertz CT molecular complexity index is 874. The number of hydrogen-bond acceptors (Lipinski definition) is 3. The van der Waals surface area contributed by atoms with Crippen LogP contribution in [-0.4, -0.2) is 23.3 Å². The van der Waals surface area contributed by atoms with Crippen molar-refractivity contribution in [2.75, 3.05) is 6.54 Å². The maximum atomic E-state index is 12.6. The van der Waals surface area contributed by atoms with Crippen molar-refractivity contribution in [1.82, 2.24) is 15.6 Å². The Kier molecular flexibility index (Phi) is 3.99. The molecule has 0 spiro atoms. The number of fused-ring (bicyclic) bond motifs is 2. The first-order valence-electron chi connectivity index (χ1n) is 8.81. The van der Waals surface area contributed by atoms with Gasteiger partial charge in [0, 0.05) is 29.5 Å². The topological polar surface area (TPSA) is 71.1 Å². The number of aromatic nitrogens is 1. The fourth-order valence-electron chi connectivity index (χ4n) is 3.85. The first-order chi connectivity index (χ1) is 12.2. The Labute approximate surface area is 146 Å². The largest absolute Gasteiger partial charge is 0.350 e. The van der Waals surface area contributed by atoms with Gasteiger partial charge in [0.2, 0.25) is 5.91 Å². The fraction of sp³-hybridized carbons (Fsp3) is 0.350. The smallest absolute Gasteiger partial charge is 0.269 e. The minimum Gasteiger partial charge on any atom is -0.350 e. The Hall–Kier alpha value is -2.69. The summed E-state index contributed by atoms with van der Waals surface area (Å²) < 4.78 is 0. The highest BCUT2D eigenvalue weighted by Crippen LogP contribution is 2.42. The van der Waals surface area contributed by atoms with Gasteiger partial charge in [0.15, 0.2) is 0 Å². The highest BCUT2D eigenvalue weighted by molar-refractivity contribution is 5.95. The van der Waals surface area contributed by atoms with E-state index in [2.05, 4.69) is 21.7 Å². The van der Waals surface area contributed by atoms with Gasteiger partial charge in [-0.1, -0.05) is 30.3 Å². The van der Waals surface area contributed by atoms with Gasteiger partial charge in [-0.15, -0.1) is 0 Å². The molecule has 4 rings (SSSR count). The molecule has 1 aliphatic carbocycles. The summed E-state index contributed by atoms with van der Waals surface area (Å²) in [6, 6.07) is 11.4. The highest BCUT2D eigenvalue weighted by atomic mass is 16.2. The number of para-hydroxylation sites is 1. The van der Waals surface area contributed by atoms with Gasteiger partial charge in [-0.2, -0.15) is 0 Å². The highest BCUT2D eigenvalue weighted by Gasteiger charge is 2.40. The monoisotopic (exact) mass is 335 g/mol. The van der Waals surface area contributed by atoms with E-state index >= 15 is 0 Å². The van der Waals surface area contributed by atoms with Crippen LogP contribution < -0.4 is 10.6 Å². The quantitative estimate of drug-likeness (QED) is 0.906. The van der Waals surface area contributed by atoms with Crippen molar-refractivity contribution < 1.29 is 9.59 Å². The van der Waals surface area contributed by atoms with Gasteiger partial charge in [0.1, 0.15) is 5.69 Å². The van der Waals surface area contributed by atoms with Gasteiger partial charge < -0.3 is 10.6 Å². The number of benzene rings is 1. The van der Waals surface area contributed by atoms with Crippen LogP contribution in [0.5, 0.6) is 0 Å². The summed E-state index contributed by atoms with van der Waals surface area (Å²) in [5, 5.41) is 7.07. The number of nitrogens with zero attached hydrogens (tertiary/aromatic N) is 1. The number of pyridine rings is 1. The van der Waals surface area contributed by atoms with E-state index in [4.69, 9.17) is 0 Å². The zero-order valence-electron chi connectivity index (χ0n) is 14.0. The van der Waals surface area contributed by atoms with Gasteiger partial charge in [-0.05, 0) is 37.8 Å². The summed E-state index contributed by atoms with van der Waals surface area (Å²) >= 11 is 0. The van der Waals surface area contributed by atoms with E-state index in [0.29, 0.717) is 18.7 Å². The molecule has 1 aromatic heterocycles. The van der Waals surface area contributed by atoms with E-state index in [1.54, 1.807) is 6.07 Å². The van der Waals surface area contributed by atoms with Crippen LogP contribution in [0.4, 0.5) is 0 Å². The van der Waals surface area contributed by atoms with Crippen molar-refractivity contribution >= 4 is 22.7 Å². The number of nitrogens with one attached hydrogen (secondary N) is 2. The number of amides is 2. The van der Waals surface area contributed by atoms with Crippen molar-refractivity contribution in [3.05, 3.63) is 53.9 Å². The minimum absolute atomic E-state index is 0.0753. The summed E-state index contributed by atoms with van der Waals surface area (Å²) in [5.41, 5.74) is 2.09. The van der Waals surface area contributed by atoms with Crippen LogP contribution in [-0.2, 0) is 4.79 Å². The molecule has 5 nitrogen and oxygen atoms in total. The van der Waals surface area contributed by atoms with Crippen LogP contribution in [0.2, 0.25) is 0 Å². The average molecular weight is 335 g/mol. The van der Waals surface area contributed by atoms with Crippen LogP contribution in [0.3, 0.4) is 0 Å². The third kappa shape index (κ3) is 3.02. The number of carbonyl (C=O) groups is 2. The van der Waals surface area contributed by atoms with Crippen LogP contribution in [0, 0.1) is 5.41 Å². The maximum Gasteiger partial charge on any atom is 0.269 e. The number of allylic oxidation sites excluding steroid dienone is 1. The van der Waals surface area contributed by atoms with Crippen molar-refractivity contribution in [1.29, 1.82) is 0 Å². The summed E-state index contributed by atoms with van der Waals surface area (Å²) in [6.07, 6.45) is 6.48. The Morgan fingerprint density at radius 1 is 1.20 bits per heavy atom. The molecular weight excluding hydrogens is 314 g/mol. The van der Waals surface area contributed by atoms with Crippen LogP contribution in [0.15, 0.2) is 48.2 Å². The second-order valence-corrected chi connectivity index (χ2v) is 6.91. The molecule has 2 heterocycles. The molecule has 0 bridgehead atoms. The fourth-order valence-corrected chi connectivity index (χ4v) is 3.85. The summed E-state index contributed by atoms with van der Waals surface area (Å²) in [7, 11) is 0. The molecule has 128 valence electrons. The molecule has 1 fully saturated rings. The van der Waals surface area contributed by atoms with Crippen LogP contribution in [0.25, 0.3) is 10.9 Å². The van der Waals surface area contributed by atoms with Gasteiger partial charge >= 0.3 is 0 Å². The Morgan fingerprint density at radius 3 is 3.00 bits per heavy atom. The molecule has 1 atom stereocenters.